The van der Waals surface area contributed by atoms with Crippen molar-refractivity contribution >= 4 is 12.7 Å². The standard InChI is InChI=1S/C11H12BO5/c1-5-2-3-6-7-4-8(7)12(15,16)17-10(6)9(5)11(13)14/h2-3,7-8,15-16H,4H2,1H3,(H,13,14)/q-1. The number of fused-ring (bicyclic) bond motifs is 3. The highest BCUT2D eigenvalue weighted by molar-refractivity contribution is 6.62. The van der Waals surface area contributed by atoms with E-state index < -0.39 is 12.7 Å². The van der Waals surface area contributed by atoms with E-state index in [1.54, 1.807) is 13.0 Å². The van der Waals surface area contributed by atoms with E-state index in [-0.39, 0.29) is 23.0 Å². The molecule has 1 saturated carbocycles. The topological polar surface area (TPSA) is 87.0 Å². The number of carboxylic acid groups (broad SMARTS) is 1. The first-order valence-electron chi connectivity index (χ1n) is 5.57. The molecule has 1 aliphatic carbocycles. The number of carbonyl (C=O) groups is 1. The summed E-state index contributed by atoms with van der Waals surface area (Å²) in [5, 5.41) is 28.6. The van der Waals surface area contributed by atoms with Gasteiger partial charge < -0.3 is 19.8 Å². The summed E-state index contributed by atoms with van der Waals surface area (Å²) >= 11 is 0. The molecule has 5 nitrogen and oxygen atoms in total. The smallest absolute Gasteiger partial charge is 0.434 e. The van der Waals surface area contributed by atoms with E-state index in [0.29, 0.717) is 12.0 Å². The summed E-state index contributed by atoms with van der Waals surface area (Å²) < 4.78 is 5.14. The first-order chi connectivity index (χ1) is 7.92. The van der Waals surface area contributed by atoms with Gasteiger partial charge in [0.25, 0.3) is 0 Å². The van der Waals surface area contributed by atoms with E-state index in [1.807, 2.05) is 6.07 Å². The zero-order valence-corrected chi connectivity index (χ0v) is 9.25. The number of carboxylic acids is 1. The van der Waals surface area contributed by atoms with Gasteiger partial charge in [0, 0.05) is 0 Å². The van der Waals surface area contributed by atoms with Crippen LogP contribution >= 0.6 is 0 Å². The van der Waals surface area contributed by atoms with Crippen molar-refractivity contribution < 1.29 is 24.6 Å². The highest BCUT2D eigenvalue weighted by Gasteiger charge is 2.55. The van der Waals surface area contributed by atoms with Crippen molar-refractivity contribution in [2.45, 2.75) is 25.1 Å². The molecule has 90 valence electrons. The summed E-state index contributed by atoms with van der Waals surface area (Å²) in [6.07, 6.45) is 0.641. The molecule has 2 unspecified atom stereocenters. The fourth-order valence-electron chi connectivity index (χ4n) is 2.69. The maximum atomic E-state index is 11.2. The minimum absolute atomic E-state index is 0.0208. The fraction of sp³-hybridized carbons (Fsp3) is 0.364. The molecule has 1 aromatic carbocycles. The predicted octanol–water partition coefficient (Wildman–Crippen LogP) is 0.867. The average Bonchev–Trinajstić information content (AvgIpc) is 2.96. The molecule has 0 amide bonds. The number of benzene rings is 1. The molecule has 0 bridgehead atoms. The van der Waals surface area contributed by atoms with Crippen molar-refractivity contribution in [3.8, 4) is 5.75 Å². The second-order valence-electron chi connectivity index (χ2n) is 4.87. The van der Waals surface area contributed by atoms with Crippen LogP contribution in [0.3, 0.4) is 0 Å². The Balaban J connectivity index is 2.21. The molecule has 3 N–H and O–H groups in total. The molecular formula is C11H12BO5-. The van der Waals surface area contributed by atoms with E-state index in [0.717, 1.165) is 5.56 Å². The fourth-order valence-corrected chi connectivity index (χ4v) is 2.69. The highest BCUT2D eigenvalue weighted by Crippen LogP contribution is 2.62. The number of aryl methyl sites for hydroxylation is 1. The third kappa shape index (κ3) is 1.38. The normalized spacial score (nSPS) is 27.7. The van der Waals surface area contributed by atoms with Crippen LogP contribution in [0.15, 0.2) is 12.1 Å². The van der Waals surface area contributed by atoms with Gasteiger partial charge in [-0.15, -0.1) is 0 Å². The number of aromatic carboxylic acids is 1. The van der Waals surface area contributed by atoms with Crippen LogP contribution in [0, 0.1) is 6.92 Å². The van der Waals surface area contributed by atoms with Gasteiger partial charge in [0.15, 0.2) is 0 Å². The maximum Gasteiger partial charge on any atom is 0.434 e. The third-order valence-electron chi connectivity index (χ3n) is 3.70. The summed E-state index contributed by atoms with van der Waals surface area (Å²) in [5.74, 6) is -1.24. The van der Waals surface area contributed by atoms with Gasteiger partial charge >= 0.3 is 12.7 Å². The van der Waals surface area contributed by atoms with Gasteiger partial charge in [-0.05, 0) is 24.0 Å². The second kappa shape index (κ2) is 3.03. The van der Waals surface area contributed by atoms with Gasteiger partial charge in [-0.1, -0.05) is 24.4 Å². The van der Waals surface area contributed by atoms with Gasteiger partial charge in [0.1, 0.15) is 5.56 Å². The van der Waals surface area contributed by atoms with E-state index >= 15 is 0 Å². The van der Waals surface area contributed by atoms with Crippen LogP contribution in [-0.2, 0) is 0 Å². The zero-order valence-electron chi connectivity index (χ0n) is 9.25. The lowest BCUT2D eigenvalue weighted by atomic mass is 9.68. The summed E-state index contributed by atoms with van der Waals surface area (Å²) in [4.78, 5) is 11.2. The molecule has 1 fully saturated rings. The lowest BCUT2D eigenvalue weighted by molar-refractivity contribution is 0.0692. The number of hydrogen-bond donors (Lipinski definition) is 3. The Hall–Kier alpha value is -1.53. The predicted molar refractivity (Wildman–Crippen MR) is 60.1 cm³/mol. The lowest BCUT2D eigenvalue weighted by Crippen LogP contribution is -2.45. The first-order valence-corrected chi connectivity index (χ1v) is 5.57. The molecule has 0 radical (unpaired) electrons. The van der Waals surface area contributed by atoms with Crippen LogP contribution in [0.4, 0.5) is 0 Å². The first kappa shape index (κ1) is 10.6. The van der Waals surface area contributed by atoms with E-state index in [4.69, 9.17) is 9.76 Å². The zero-order chi connectivity index (χ0) is 12.4. The van der Waals surface area contributed by atoms with Gasteiger partial charge in [-0.25, -0.2) is 4.79 Å². The Morgan fingerprint density at radius 3 is 2.82 bits per heavy atom. The van der Waals surface area contributed by atoms with Crippen molar-refractivity contribution in [1.29, 1.82) is 0 Å². The quantitative estimate of drug-likeness (QED) is 0.628. The molecule has 2 aliphatic rings. The molecule has 0 saturated heterocycles. The van der Waals surface area contributed by atoms with Crippen molar-refractivity contribution in [3.05, 3.63) is 28.8 Å². The Kier molecular flexibility index (Phi) is 1.89. The maximum absolute atomic E-state index is 11.2. The third-order valence-corrected chi connectivity index (χ3v) is 3.70. The van der Waals surface area contributed by atoms with Crippen molar-refractivity contribution in [2.24, 2.45) is 0 Å². The molecule has 1 aromatic rings. The van der Waals surface area contributed by atoms with Crippen LogP contribution in [0.1, 0.15) is 33.8 Å². The molecule has 0 aromatic heterocycles. The number of hydrogen-bond acceptors (Lipinski definition) is 4. The minimum Gasteiger partial charge on any atom is -0.669 e. The summed E-state index contributed by atoms with van der Waals surface area (Å²) in [6.45, 7) is -1.25. The SMILES string of the molecule is Cc1ccc2c(c1C(=O)O)O[B-](O)(O)C1CC21. The molecule has 1 aliphatic heterocycles. The van der Waals surface area contributed by atoms with Gasteiger partial charge in [0.2, 0.25) is 0 Å². The van der Waals surface area contributed by atoms with Gasteiger partial charge in [0.05, 0.1) is 5.75 Å². The van der Waals surface area contributed by atoms with Crippen LogP contribution in [0.5, 0.6) is 5.75 Å². The highest BCUT2D eigenvalue weighted by atomic mass is 16.6. The van der Waals surface area contributed by atoms with Crippen LogP contribution in [0.2, 0.25) is 5.82 Å². The van der Waals surface area contributed by atoms with E-state index in [1.165, 1.54) is 0 Å². The van der Waals surface area contributed by atoms with Gasteiger partial charge in [-0.2, -0.15) is 0 Å². The summed E-state index contributed by atoms with van der Waals surface area (Å²) in [7, 11) is 0. The van der Waals surface area contributed by atoms with Crippen molar-refractivity contribution in [3.63, 3.8) is 0 Å². The molecule has 17 heavy (non-hydrogen) atoms. The van der Waals surface area contributed by atoms with Crippen LogP contribution in [0.25, 0.3) is 0 Å². The molecule has 2 atom stereocenters. The Morgan fingerprint density at radius 2 is 2.18 bits per heavy atom. The van der Waals surface area contributed by atoms with E-state index in [9.17, 15) is 14.8 Å². The molecule has 6 heteroatoms. The second-order valence-corrected chi connectivity index (χ2v) is 4.87. The molecule has 3 rings (SSSR count). The largest absolute Gasteiger partial charge is 0.669 e. The average molecular weight is 235 g/mol. The Bertz CT molecular complexity index is 525. The summed E-state index contributed by atoms with van der Waals surface area (Å²) in [5.41, 5.74) is 1.36. The monoisotopic (exact) mass is 235 g/mol. The van der Waals surface area contributed by atoms with Crippen molar-refractivity contribution in [2.75, 3.05) is 0 Å². The Morgan fingerprint density at radius 1 is 1.47 bits per heavy atom. The van der Waals surface area contributed by atoms with Crippen molar-refractivity contribution in [1.82, 2.24) is 0 Å². The van der Waals surface area contributed by atoms with Crippen LogP contribution < -0.4 is 4.65 Å². The molecular weight excluding hydrogens is 223 g/mol. The lowest BCUT2D eigenvalue weighted by Gasteiger charge is -2.37. The van der Waals surface area contributed by atoms with E-state index in [2.05, 4.69) is 0 Å². The van der Waals surface area contributed by atoms with Crippen LogP contribution in [-0.4, -0.2) is 27.9 Å². The Labute approximate surface area is 97.7 Å². The minimum atomic E-state index is -2.91. The summed E-state index contributed by atoms with van der Waals surface area (Å²) in [6, 6.07) is 3.54. The van der Waals surface area contributed by atoms with Gasteiger partial charge in [-0.3, -0.25) is 0 Å². The number of rotatable bonds is 1. The molecule has 0 spiro atoms. The molecule has 1 heterocycles.